The molecule has 112 valence electrons. The highest BCUT2D eigenvalue weighted by Gasteiger charge is 2.07. The van der Waals surface area contributed by atoms with Crippen molar-refractivity contribution in [1.82, 2.24) is 0 Å². The van der Waals surface area contributed by atoms with Crippen LogP contribution in [0.25, 0.3) is 6.08 Å². The summed E-state index contributed by atoms with van der Waals surface area (Å²) in [7, 11) is 0. The molecular formula is C15H10F2N2O3. The molecule has 0 saturated carbocycles. The van der Waals surface area contributed by atoms with E-state index in [0.717, 1.165) is 24.3 Å². The lowest BCUT2D eigenvalue weighted by molar-refractivity contribution is -0.384. The highest BCUT2D eigenvalue weighted by molar-refractivity contribution is 6.02. The Balaban J connectivity index is 2.10. The number of carbonyl (C=O) groups is 1. The molecule has 0 saturated heterocycles. The molecule has 2 aromatic carbocycles. The van der Waals surface area contributed by atoms with Crippen molar-refractivity contribution in [3.8, 4) is 0 Å². The molecule has 0 aliphatic rings. The van der Waals surface area contributed by atoms with Crippen LogP contribution in [0.2, 0.25) is 0 Å². The molecule has 0 spiro atoms. The van der Waals surface area contributed by atoms with Gasteiger partial charge in [0.15, 0.2) is 0 Å². The van der Waals surface area contributed by atoms with Gasteiger partial charge in [-0.3, -0.25) is 14.9 Å². The number of anilines is 1. The van der Waals surface area contributed by atoms with E-state index in [1.54, 1.807) is 6.07 Å². The Hall–Kier alpha value is -3.09. The van der Waals surface area contributed by atoms with Gasteiger partial charge in [-0.05, 0) is 23.8 Å². The highest BCUT2D eigenvalue weighted by atomic mass is 19.1. The summed E-state index contributed by atoms with van der Waals surface area (Å²) in [6, 6.07) is 8.33. The number of carbonyl (C=O) groups excluding carboxylic acids is 1. The van der Waals surface area contributed by atoms with E-state index < -0.39 is 22.5 Å². The van der Waals surface area contributed by atoms with Gasteiger partial charge in [0, 0.05) is 24.3 Å². The average molecular weight is 304 g/mol. The van der Waals surface area contributed by atoms with Gasteiger partial charge < -0.3 is 5.32 Å². The summed E-state index contributed by atoms with van der Waals surface area (Å²) in [5.41, 5.74) is 0.0384. The maximum Gasteiger partial charge on any atom is 0.270 e. The Morgan fingerprint density at radius 3 is 2.68 bits per heavy atom. The number of nitrogens with zero attached hydrogens (tertiary/aromatic N) is 1. The lowest BCUT2D eigenvalue weighted by Crippen LogP contribution is -2.09. The summed E-state index contributed by atoms with van der Waals surface area (Å²) in [6.45, 7) is 0. The van der Waals surface area contributed by atoms with Crippen LogP contribution in [-0.2, 0) is 4.79 Å². The van der Waals surface area contributed by atoms with Crippen molar-refractivity contribution >= 4 is 23.4 Å². The Labute approximate surface area is 124 Å². The molecule has 0 atom stereocenters. The fourth-order valence-electron chi connectivity index (χ4n) is 1.68. The second-order valence-electron chi connectivity index (χ2n) is 4.30. The smallest absolute Gasteiger partial charge is 0.270 e. The third kappa shape index (κ3) is 3.95. The summed E-state index contributed by atoms with van der Waals surface area (Å²) < 4.78 is 26.3. The molecule has 7 heteroatoms. The number of hydrogen-bond acceptors (Lipinski definition) is 3. The maximum absolute atomic E-state index is 13.4. The molecule has 0 bridgehead atoms. The summed E-state index contributed by atoms with van der Waals surface area (Å²) in [4.78, 5) is 21.7. The Bertz CT molecular complexity index is 760. The van der Waals surface area contributed by atoms with E-state index in [2.05, 4.69) is 5.32 Å². The first-order valence-corrected chi connectivity index (χ1v) is 6.14. The van der Waals surface area contributed by atoms with Crippen LogP contribution in [-0.4, -0.2) is 10.8 Å². The molecule has 0 radical (unpaired) electrons. The van der Waals surface area contributed by atoms with Crippen LogP contribution in [0.15, 0.2) is 48.5 Å². The van der Waals surface area contributed by atoms with Crippen molar-refractivity contribution in [2.45, 2.75) is 0 Å². The Kier molecular flexibility index (Phi) is 4.57. The molecule has 5 nitrogen and oxygen atoms in total. The zero-order valence-electron chi connectivity index (χ0n) is 11.1. The quantitative estimate of drug-likeness (QED) is 0.533. The van der Waals surface area contributed by atoms with E-state index in [-0.39, 0.29) is 11.4 Å². The SMILES string of the molecule is O=C(/C=C/c1cccc([N+](=O)[O-])c1)Nc1cc(F)ccc1F. The minimum atomic E-state index is -0.765. The van der Waals surface area contributed by atoms with Crippen LogP contribution in [0.3, 0.4) is 0 Å². The monoisotopic (exact) mass is 304 g/mol. The number of nitro groups is 1. The predicted molar refractivity (Wildman–Crippen MR) is 77.1 cm³/mol. The van der Waals surface area contributed by atoms with Crippen LogP contribution in [0.1, 0.15) is 5.56 Å². The van der Waals surface area contributed by atoms with Gasteiger partial charge in [-0.2, -0.15) is 0 Å². The lowest BCUT2D eigenvalue weighted by Gasteiger charge is -2.03. The summed E-state index contributed by atoms with van der Waals surface area (Å²) in [5.74, 6) is -2.13. The largest absolute Gasteiger partial charge is 0.320 e. The first-order chi connectivity index (χ1) is 10.5. The van der Waals surface area contributed by atoms with Crippen molar-refractivity contribution in [2.75, 3.05) is 5.32 Å². The summed E-state index contributed by atoms with van der Waals surface area (Å²) in [6.07, 6.45) is 2.41. The molecular weight excluding hydrogens is 294 g/mol. The van der Waals surface area contributed by atoms with E-state index in [1.807, 2.05) is 0 Å². The van der Waals surface area contributed by atoms with Gasteiger partial charge in [0.25, 0.3) is 5.69 Å². The molecule has 1 N–H and O–H groups in total. The van der Waals surface area contributed by atoms with Gasteiger partial charge in [0.2, 0.25) is 5.91 Å². The van der Waals surface area contributed by atoms with Gasteiger partial charge in [-0.1, -0.05) is 12.1 Å². The molecule has 0 aliphatic carbocycles. The van der Waals surface area contributed by atoms with Gasteiger partial charge in [-0.15, -0.1) is 0 Å². The highest BCUT2D eigenvalue weighted by Crippen LogP contribution is 2.16. The minimum Gasteiger partial charge on any atom is -0.320 e. The molecule has 0 unspecified atom stereocenters. The molecule has 0 heterocycles. The van der Waals surface area contributed by atoms with Crippen molar-refractivity contribution in [2.24, 2.45) is 0 Å². The molecule has 0 aromatic heterocycles. The van der Waals surface area contributed by atoms with Crippen molar-refractivity contribution < 1.29 is 18.5 Å². The second kappa shape index (κ2) is 6.57. The number of benzene rings is 2. The van der Waals surface area contributed by atoms with Crippen LogP contribution < -0.4 is 5.32 Å². The predicted octanol–water partition coefficient (Wildman–Crippen LogP) is 3.52. The fraction of sp³-hybridized carbons (Fsp3) is 0. The van der Waals surface area contributed by atoms with Crippen molar-refractivity contribution in [3.63, 3.8) is 0 Å². The van der Waals surface area contributed by atoms with E-state index >= 15 is 0 Å². The van der Waals surface area contributed by atoms with Crippen LogP contribution in [0.5, 0.6) is 0 Å². The van der Waals surface area contributed by atoms with Crippen LogP contribution in [0, 0.1) is 21.7 Å². The number of rotatable bonds is 4. The summed E-state index contributed by atoms with van der Waals surface area (Å²) >= 11 is 0. The van der Waals surface area contributed by atoms with E-state index in [1.165, 1.54) is 24.3 Å². The van der Waals surface area contributed by atoms with Crippen molar-refractivity contribution in [3.05, 3.63) is 75.9 Å². The lowest BCUT2D eigenvalue weighted by atomic mass is 10.2. The third-order valence-corrected chi connectivity index (χ3v) is 2.69. The van der Waals surface area contributed by atoms with Crippen molar-refractivity contribution in [1.29, 1.82) is 0 Å². The Morgan fingerprint density at radius 1 is 1.18 bits per heavy atom. The minimum absolute atomic E-state index is 0.112. The van der Waals surface area contributed by atoms with Crippen LogP contribution >= 0.6 is 0 Å². The van der Waals surface area contributed by atoms with E-state index in [4.69, 9.17) is 0 Å². The Morgan fingerprint density at radius 2 is 1.95 bits per heavy atom. The number of nitro benzene ring substituents is 1. The normalized spacial score (nSPS) is 10.6. The maximum atomic E-state index is 13.4. The van der Waals surface area contributed by atoms with E-state index in [9.17, 15) is 23.7 Å². The molecule has 2 rings (SSSR count). The third-order valence-electron chi connectivity index (χ3n) is 2.69. The molecule has 22 heavy (non-hydrogen) atoms. The van der Waals surface area contributed by atoms with Gasteiger partial charge in [0.05, 0.1) is 10.6 Å². The number of non-ortho nitro benzene ring substituents is 1. The standard InChI is InChI=1S/C15H10F2N2O3/c16-11-5-6-13(17)14(9-11)18-15(20)7-4-10-2-1-3-12(8-10)19(21)22/h1-9H,(H,18,20)/b7-4+. The van der Waals surface area contributed by atoms with Crippen LogP contribution in [0.4, 0.5) is 20.2 Å². The number of amides is 1. The first-order valence-electron chi connectivity index (χ1n) is 6.14. The molecule has 1 amide bonds. The average Bonchev–Trinajstić information content (AvgIpc) is 2.49. The zero-order chi connectivity index (χ0) is 16.1. The first kappa shape index (κ1) is 15.3. The molecule has 0 aliphatic heterocycles. The van der Waals surface area contributed by atoms with Gasteiger partial charge in [0.1, 0.15) is 11.6 Å². The summed E-state index contributed by atoms with van der Waals surface area (Å²) in [5, 5.41) is 12.8. The van der Waals surface area contributed by atoms with E-state index in [0.29, 0.717) is 5.56 Å². The fourth-order valence-corrected chi connectivity index (χ4v) is 1.68. The molecule has 0 fully saturated rings. The van der Waals surface area contributed by atoms with Gasteiger partial charge >= 0.3 is 0 Å². The zero-order valence-corrected chi connectivity index (χ0v) is 11.1. The number of halogens is 2. The number of hydrogen-bond donors (Lipinski definition) is 1. The number of nitrogens with one attached hydrogen (secondary N) is 1. The molecule has 2 aromatic rings. The topological polar surface area (TPSA) is 72.2 Å². The van der Waals surface area contributed by atoms with Gasteiger partial charge in [-0.25, -0.2) is 8.78 Å². The second-order valence-corrected chi connectivity index (χ2v) is 4.30.